The lowest BCUT2D eigenvalue weighted by Crippen LogP contribution is -2.17. The van der Waals surface area contributed by atoms with Crippen LogP contribution in [-0.4, -0.2) is 22.2 Å². The van der Waals surface area contributed by atoms with E-state index in [1.165, 1.54) is 18.2 Å². The van der Waals surface area contributed by atoms with E-state index in [-0.39, 0.29) is 10.5 Å². The van der Waals surface area contributed by atoms with Gasteiger partial charge >= 0.3 is 5.97 Å². The second-order valence-corrected chi connectivity index (χ2v) is 5.90. The molecule has 0 radical (unpaired) electrons. The molecule has 1 aromatic heterocycles. The number of hydrogen-bond donors (Lipinski definition) is 2. The van der Waals surface area contributed by atoms with Gasteiger partial charge in [-0.1, -0.05) is 6.07 Å². The van der Waals surface area contributed by atoms with Crippen LogP contribution in [0.3, 0.4) is 0 Å². The zero-order valence-electron chi connectivity index (χ0n) is 12.0. The Morgan fingerprint density at radius 2 is 2.04 bits per heavy atom. The van der Waals surface area contributed by atoms with Crippen molar-refractivity contribution in [3.8, 4) is 11.3 Å². The van der Waals surface area contributed by atoms with Crippen LogP contribution >= 0.6 is 11.8 Å². The smallest absolute Gasteiger partial charge is 0.335 e. The van der Waals surface area contributed by atoms with E-state index in [4.69, 9.17) is 9.52 Å². The molecule has 0 atom stereocenters. The van der Waals surface area contributed by atoms with Crippen LogP contribution in [0, 0.1) is 6.92 Å². The molecule has 2 N–H and O–H groups in total. The average molecular weight is 329 g/mol. The maximum Gasteiger partial charge on any atom is 0.335 e. The first-order valence-corrected chi connectivity index (χ1v) is 7.45. The molecule has 2 heterocycles. The van der Waals surface area contributed by atoms with Crippen LogP contribution in [0.15, 0.2) is 39.7 Å². The number of nitrogens with one attached hydrogen (secondary N) is 1. The average Bonchev–Trinajstić information content (AvgIpc) is 3.06. The van der Waals surface area contributed by atoms with Crippen molar-refractivity contribution in [3.05, 3.63) is 52.1 Å². The van der Waals surface area contributed by atoms with Gasteiger partial charge in [0, 0.05) is 11.6 Å². The van der Waals surface area contributed by atoms with Gasteiger partial charge in [-0.2, -0.15) is 0 Å². The number of rotatable bonds is 3. The highest BCUT2D eigenvalue weighted by atomic mass is 32.2. The Morgan fingerprint density at radius 3 is 2.70 bits per heavy atom. The van der Waals surface area contributed by atoms with Crippen LogP contribution in [0.4, 0.5) is 4.79 Å². The minimum absolute atomic E-state index is 0.165. The van der Waals surface area contributed by atoms with Crippen LogP contribution in [-0.2, 0) is 4.79 Å². The molecular weight excluding hydrogens is 318 g/mol. The molecule has 0 spiro atoms. The molecule has 0 saturated carbocycles. The fraction of sp³-hybridized carbons (Fsp3) is 0.0625. The number of hydrogen-bond acceptors (Lipinski definition) is 5. The van der Waals surface area contributed by atoms with Gasteiger partial charge in [0.05, 0.1) is 10.5 Å². The number of carboxylic acid groups (broad SMARTS) is 1. The Hall–Kier alpha value is -2.80. The van der Waals surface area contributed by atoms with E-state index in [2.05, 4.69) is 5.32 Å². The van der Waals surface area contributed by atoms with Crippen LogP contribution in [0.25, 0.3) is 17.4 Å². The minimum Gasteiger partial charge on any atom is -0.478 e. The molecule has 7 heteroatoms. The zero-order valence-corrected chi connectivity index (χ0v) is 12.8. The van der Waals surface area contributed by atoms with E-state index in [1.54, 1.807) is 18.2 Å². The van der Waals surface area contributed by atoms with Crippen molar-refractivity contribution >= 4 is 35.0 Å². The number of carbonyl (C=O) groups is 3. The van der Waals surface area contributed by atoms with E-state index in [1.807, 2.05) is 6.92 Å². The van der Waals surface area contributed by atoms with Gasteiger partial charge in [0.25, 0.3) is 11.1 Å². The van der Waals surface area contributed by atoms with Crippen LogP contribution in [0.1, 0.15) is 21.7 Å². The standard InChI is InChI=1S/C16H11NO5S/c1-8-2-3-9(15(19)20)6-11(8)12-5-4-10(22-12)7-13-14(18)17-16(21)23-13/h2-7H,1H3,(H,19,20)(H,17,18,21). The van der Waals surface area contributed by atoms with Crippen molar-refractivity contribution in [3.63, 3.8) is 0 Å². The van der Waals surface area contributed by atoms with Gasteiger partial charge in [-0.15, -0.1) is 0 Å². The van der Waals surface area contributed by atoms with Crippen molar-refractivity contribution in [1.82, 2.24) is 5.32 Å². The van der Waals surface area contributed by atoms with Gasteiger partial charge in [-0.05, 0) is 48.5 Å². The monoisotopic (exact) mass is 329 g/mol. The van der Waals surface area contributed by atoms with E-state index in [0.717, 1.165) is 17.3 Å². The molecule has 23 heavy (non-hydrogen) atoms. The Balaban J connectivity index is 1.95. The van der Waals surface area contributed by atoms with Crippen molar-refractivity contribution in [2.45, 2.75) is 6.92 Å². The number of furan rings is 1. The number of benzene rings is 1. The molecule has 0 unspecified atom stereocenters. The highest BCUT2D eigenvalue weighted by molar-refractivity contribution is 8.18. The predicted molar refractivity (Wildman–Crippen MR) is 84.9 cm³/mol. The topological polar surface area (TPSA) is 96.6 Å². The Kier molecular flexibility index (Phi) is 3.79. The predicted octanol–water partition coefficient (Wildman–Crippen LogP) is 3.28. The van der Waals surface area contributed by atoms with Gasteiger partial charge in [0.2, 0.25) is 0 Å². The fourth-order valence-electron chi connectivity index (χ4n) is 2.15. The van der Waals surface area contributed by atoms with Crippen molar-refractivity contribution in [1.29, 1.82) is 0 Å². The summed E-state index contributed by atoms with van der Waals surface area (Å²) in [7, 11) is 0. The molecule has 2 aromatic rings. The third-order valence-corrected chi connectivity index (χ3v) is 4.10. The lowest BCUT2D eigenvalue weighted by molar-refractivity contribution is -0.115. The molecule has 1 aliphatic heterocycles. The Labute approximate surface area is 135 Å². The number of aromatic carboxylic acids is 1. The quantitative estimate of drug-likeness (QED) is 0.839. The van der Waals surface area contributed by atoms with Gasteiger partial charge in [0.1, 0.15) is 11.5 Å². The fourth-order valence-corrected chi connectivity index (χ4v) is 2.81. The van der Waals surface area contributed by atoms with Crippen molar-refractivity contribution in [2.75, 3.05) is 0 Å². The lowest BCUT2D eigenvalue weighted by atomic mass is 10.0. The van der Waals surface area contributed by atoms with Crippen molar-refractivity contribution < 1.29 is 23.9 Å². The van der Waals surface area contributed by atoms with Crippen LogP contribution < -0.4 is 5.32 Å². The molecular formula is C16H11NO5S. The maximum atomic E-state index is 11.5. The van der Waals surface area contributed by atoms with E-state index < -0.39 is 17.1 Å². The lowest BCUT2D eigenvalue weighted by Gasteiger charge is -2.04. The summed E-state index contributed by atoms with van der Waals surface area (Å²) in [5, 5.41) is 10.8. The second kappa shape index (κ2) is 5.77. The van der Waals surface area contributed by atoms with Gasteiger partial charge in [-0.3, -0.25) is 14.9 Å². The number of amides is 2. The van der Waals surface area contributed by atoms with Crippen LogP contribution in [0.2, 0.25) is 0 Å². The number of imide groups is 1. The van der Waals surface area contributed by atoms with E-state index in [0.29, 0.717) is 17.1 Å². The first kappa shape index (κ1) is 15.1. The van der Waals surface area contributed by atoms with Gasteiger partial charge in [0.15, 0.2) is 0 Å². The molecule has 2 amide bonds. The molecule has 1 aliphatic rings. The minimum atomic E-state index is -1.02. The van der Waals surface area contributed by atoms with Crippen molar-refractivity contribution in [2.24, 2.45) is 0 Å². The number of thioether (sulfide) groups is 1. The largest absolute Gasteiger partial charge is 0.478 e. The summed E-state index contributed by atoms with van der Waals surface area (Å²) in [4.78, 5) is 34.0. The summed E-state index contributed by atoms with van der Waals surface area (Å²) in [6.45, 7) is 1.85. The summed E-state index contributed by atoms with van der Waals surface area (Å²) in [6.07, 6.45) is 1.48. The molecule has 1 fully saturated rings. The highest BCUT2D eigenvalue weighted by Crippen LogP contribution is 2.30. The SMILES string of the molecule is Cc1ccc(C(=O)O)cc1-c1ccc(C=C2SC(=O)NC2=O)o1. The third-order valence-electron chi connectivity index (χ3n) is 3.29. The zero-order chi connectivity index (χ0) is 16.6. The van der Waals surface area contributed by atoms with E-state index >= 15 is 0 Å². The summed E-state index contributed by atoms with van der Waals surface area (Å²) < 4.78 is 5.66. The van der Waals surface area contributed by atoms with Crippen LogP contribution in [0.5, 0.6) is 0 Å². The molecule has 1 saturated heterocycles. The maximum absolute atomic E-state index is 11.5. The summed E-state index contributed by atoms with van der Waals surface area (Å²) in [5.41, 5.74) is 1.69. The number of aryl methyl sites for hydroxylation is 1. The second-order valence-electron chi connectivity index (χ2n) is 4.89. The molecule has 116 valence electrons. The summed E-state index contributed by atoms with van der Waals surface area (Å²) >= 11 is 0.807. The number of carbonyl (C=O) groups excluding carboxylic acids is 2. The third kappa shape index (κ3) is 3.04. The van der Waals surface area contributed by atoms with Gasteiger partial charge < -0.3 is 9.52 Å². The molecule has 3 rings (SSSR count). The Morgan fingerprint density at radius 1 is 1.26 bits per heavy atom. The first-order valence-electron chi connectivity index (χ1n) is 6.63. The number of carboxylic acids is 1. The highest BCUT2D eigenvalue weighted by Gasteiger charge is 2.25. The molecule has 0 aliphatic carbocycles. The Bertz CT molecular complexity index is 865. The molecule has 1 aromatic carbocycles. The van der Waals surface area contributed by atoms with Gasteiger partial charge in [-0.25, -0.2) is 4.79 Å². The summed E-state index contributed by atoms with van der Waals surface area (Å²) in [6, 6.07) is 8.12. The first-order chi connectivity index (χ1) is 10.9. The van der Waals surface area contributed by atoms with E-state index in [9.17, 15) is 14.4 Å². The summed E-state index contributed by atoms with van der Waals surface area (Å²) in [5.74, 6) is -0.570. The molecule has 0 bridgehead atoms. The molecule has 6 nitrogen and oxygen atoms in total. The normalized spacial score (nSPS) is 16.0.